The molecule has 1 aromatic carbocycles. The van der Waals surface area contributed by atoms with Crippen molar-refractivity contribution in [3.05, 3.63) is 35.9 Å². The number of hydrogen-bond acceptors (Lipinski definition) is 2. The van der Waals surface area contributed by atoms with Crippen molar-refractivity contribution in [3.63, 3.8) is 0 Å². The summed E-state index contributed by atoms with van der Waals surface area (Å²) in [6.45, 7) is 2.38. The van der Waals surface area contributed by atoms with Crippen molar-refractivity contribution in [2.24, 2.45) is 0 Å². The number of benzene rings is 1. The molecule has 1 atom stereocenters. The Labute approximate surface area is 66.4 Å². The van der Waals surface area contributed by atoms with Crippen LogP contribution in [0, 0.1) is 0 Å². The van der Waals surface area contributed by atoms with Crippen LogP contribution in [-0.4, -0.2) is 11.7 Å². The van der Waals surface area contributed by atoms with E-state index in [1.165, 1.54) is 0 Å². The minimum absolute atomic E-state index is 0.524. The Kier molecular flexibility index (Phi) is 3.08. The second-order valence-electron chi connectivity index (χ2n) is 2.22. The summed E-state index contributed by atoms with van der Waals surface area (Å²) in [7, 11) is 0. The fraction of sp³-hybridized carbons (Fsp3) is 0.333. The molecule has 0 aliphatic heterocycles. The molecule has 0 heterocycles. The molecule has 0 aliphatic rings. The zero-order valence-electron chi connectivity index (χ0n) is 6.53. The van der Waals surface area contributed by atoms with Gasteiger partial charge in [0.2, 0.25) is 0 Å². The third kappa shape index (κ3) is 2.33. The Morgan fingerprint density at radius 1 is 1.36 bits per heavy atom. The van der Waals surface area contributed by atoms with E-state index in [-0.39, 0.29) is 0 Å². The van der Waals surface area contributed by atoms with Crippen LogP contribution in [0.1, 0.15) is 18.8 Å². The van der Waals surface area contributed by atoms with Gasteiger partial charge in [-0.1, -0.05) is 30.3 Å². The lowest BCUT2D eigenvalue weighted by molar-refractivity contribution is -0.0979. The average molecular weight is 152 g/mol. The van der Waals surface area contributed by atoms with Gasteiger partial charge in [-0.05, 0) is 6.92 Å². The van der Waals surface area contributed by atoms with Gasteiger partial charge < -0.3 is 9.84 Å². The van der Waals surface area contributed by atoms with E-state index < -0.39 is 6.29 Å². The normalized spacial score (nSPS) is 12.9. The predicted octanol–water partition coefficient (Wildman–Crippen LogP) is 1.71. The van der Waals surface area contributed by atoms with E-state index in [1.807, 2.05) is 37.3 Å². The van der Waals surface area contributed by atoms with Crippen LogP contribution < -0.4 is 0 Å². The Balaban J connectivity index is 2.61. The molecule has 1 unspecified atom stereocenters. The maximum Gasteiger partial charge on any atom is 0.181 e. The van der Waals surface area contributed by atoms with Gasteiger partial charge in [0.1, 0.15) is 0 Å². The maximum absolute atomic E-state index is 9.30. The van der Waals surface area contributed by atoms with Crippen molar-refractivity contribution in [2.45, 2.75) is 13.2 Å². The fourth-order valence-electron chi connectivity index (χ4n) is 0.872. The molecule has 2 nitrogen and oxygen atoms in total. The highest BCUT2D eigenvalue weighted by molar-refractivity contribution is 5.15. The first kappa shape index (κ1) is 8.24. The maximum atomic E-state index is 9.30. The van der Waals surface area contributed by atoms with Gasteiger partial charge in [-0.15, -0.1) is 0 Å². The monoisotopic (exact) mass is 152 g/mol. The standard InChI is InChI=1S/C9H12O2/c1-2-11-9(10)8-6-4-3-5-7-8/h3-7,9-10H,2H2,1H3. The molecular weight excluding hydrogens is 140 g/mol. The van der Waals surface area contributed by atoms with Crippen molar-refractivity contribution < 1.29 is 9.84 Å². The summed E-state index contributed by atoms with van der Waals surface area (Å²) in [6.07, 6.45) is -0.777. The molecule has 0 radical (unpaired) electrons. The van der Waals surface area contributed by atoms with E-state index in [2.05, 4.69) is 0 Å². The minimum Gasteiger partial charge on any atom is -0.364 e. The second kappa shape index (κ2) is 4.11. The Morgan fingerprint density at radius 2 is 2.00 bits per heavy atom. The highest BCUT2D eigenvalue weighted by Gasteiger charge is 2.03. The molecule has 11 heavy (non-hydrogen) atoms. The molecule has 2 heteroatoms. The van der Waals surface area contributed by atoms with Crippen molar-refractivity contribution in [1.82, 2.24) is 0 Å². The van der Waals surface area contributed by atoms with Crippen LogP contribution in [0.15, 0.2) is 30.3 Å². The first-order chi connectivity index (χ1) is 5.34. The molecule has 0 amide bonds. The highest BCUT2D eigenvalue weighted by Crippen LogP contribution is 2.12. The molecule has 60 valence electrons. The van der Waals surface area contributed by atoms with Gasteiger partial charge in [0.15, 0.2) is 6.29 Å². The number of aliphatic hydroxyl groups is 1. The van der Waals surface area contributed by atoms with Gasteiger partial charge in [-0.2, -0.15) is 0 Å². The quantitative estimate of drug-likeness (QED) is 0.668. The predicted molar refractivity (Wildman–Crippen MR) is 43.0 cm³/mol. The van der Waals surface area contributed by atoms with Gasteiger partial charge in [-0.3, -0.25) is 0 Å². The fourth-order valence-corrected chi connectivity index (χ4v) is 0.872. The molecule has 1 rings (SSSR count). The van der Waals surface area contributed by atoms with Crippen molar-refractivity contribution in [3.8, 4) is 0 Å². The zero-order chi connectivity index (χ0) is 8.10. The summed E-state index contributed by atoms with van der Waals surface area (Å²) in [5.74, 6) is 0. The lowest BCUT2D eigenvalue weighted by Crippen LogP contribution is -2.01. The largest absolute Gasteiger partial charge is 0.364 e. The van der Waals surface area contributed by atoms with E-state index >= 15 is 0 Å². The molecule has 0 spiro atoms. The van der Waals surface area contributed by atoms with E-state index in [4.69, 9.17) is 4.74 Å². The summed E-state index contributed by atoms with van der Waals surface area (Å²) in [4.78, 5) is 0. The molecular formula is C9H12O2. The summed E-state index contributed by atoms with van der Waals surface area (Å²) in [5.41, 5.74) is 0.800. The molecule has 0 aromatic heterocycles. The number of rotatable bonds is 3. The van der Waals surface area contributed by atoms with Gasteiger partial charge in [0.05, 0.1) is 0 Å². The smallest absolute Gasteiger partial charge is 0.181 e. The van der Waals surface area contributed by atoms with Crippen LogP contribution in [-0.2, 0) is 4.74 Å². The van der Waals surface area contributed by atoms with Crippen molar-refractivity contribution in [1.29, 1.82) is 0 Å². The second-order valence-corrected chi connectivity index (χ2v) is 2.22. The Hall–Kier alpha value is -0.860. The SMILES string of the molecule is CCOC(O)c1ccccc1. The lowest BCUT2D eigenvalue weighted by Gasteiger charge is -2.09. The van der Waals surface area contributed by atoms with E-state index in [0.29, 0.717) is 6.61 Å². The molecule has 0 aliphatic carbocycles. The Morgan fingerprint density at radius 3 is 2.55 bits per heavy atom. The summed E-state index contributed by atoms with van der Waals surface area (Å²) in [6, 6.07) is 9.32. The van der Waals surface area contributed by atoms with Gasteiger partial charge in [-0.25, -0.2) is 0 Å². The third-order valence-corrected chi connectivity index (χ3v) is 1.41. The Bertz CT molecular complexity index is 196. The third-order valence-electron chi connectivity index (χ3n) is 1.41. The number of ether oxygens (including phenoxy) is 1. The zero-order valence-corrected chi connectivity index (χ0v) is 6.53. The first-order valence-electron chi connectivity index (χ1n) is 3.69. The number of hydrogen-bond donors (Lipinski definition) is 1. The van der Waals surface area contributed by atoms with Crippen LogP contribution in [0.4, 0.5) is 0 Å². The summed E-state index contributed by atoms with van der Waals surface area (Å²) < 4.78 is 4.98. The van der Waals surface area contributed by atoms with Crippen LogP contribution >= 0.6 is 0 Å². The van der Waals surface area contributed by atoms with Gasteiger partial charge in [0.25, 0.3) is 0 Å². The molecule has 1 aromatic rings. The molecule has 0 bridgehead atoms. The van der Waals surface area contributed by atoms with Crippen LogP contribution in [0.3, 0.4) is 0 Å². The van der Waals surface area contributed by atoms with E-state index in [9.17, 15) is 5.11 Å². The van der Waals surface area contributed by atoms with E-state index in [1.54, 1.807) is 0 Å². The van der Waals surface area contributed by atoms with Gasteiger partial charge >= 0.3 is 0 Å². The molecule has 0 fully saturated rings. The highest BCUT2D eigenvalue weighted by atomic mass is 16.6. The van der Waals surface area contributed by atoms with E-state index in [0.717, 1.165) is 5.56 Å². The molecule has 0 saturated heterocycles. The lowest BCUT2D eigenvalue weighted by atomic mass is 10.2. The minimum atomic E-state index is -0.777. The molecule has 0 saturated carbocycles. The van der Waals surface area contributed by atoms with Crippen LogP contribution in [0.25, 0.3) is 0 Å². The average Bonchev–Trinajstić information content (AvgIpc) is 2.07. The van der Waals surface area contributed by atoms with Crippen LogP contribution in [0.2, 0.25) is 0 Å². The molecule has 1 N–H and O–H groups in total. The van der Waals surface area contributed by atoms with Crippen LogP contribution in [0.5, 0.6) is 0 Å². The topological polar surface area (TPSA) is 29.5 Å². The number of aliphatic hydroxyl groups excluding tert-OH is 1. The summed E-state index contributed by atoms with van der Waals surface area (Å²) in [5, 5.41) is 9.30. The summed E-state index contributed by atoms with van der Waals surface area (Å²) >= 11 is 0. The van der Waals surface area contributed by atoms with Gasteiger partial charge in [0, 0.05) is 12.2 Å². The first-order valence-corrected chi connectivity index (χ1v) is 3.69. The van der Waals surface area contributed by atoms with Crippen molar-refractivity contribution >= 4 is 0 Å². The van der Waals surface area contributed by atoms with Crippen molar-refractivity contribution in [2.75, 3.05) is 6.61 Å².